The fourth-order valence-corrected chi connectivity index (χ4v) is 1.88. The summed E-state index contributed by atoms with van der Waals surface area (Å²) in [6.45, 7) is 2.39. The maximum Gasteiger partial charge on any atom is 0.326 e. The van der Waals surface area contributed by atoms with Crippen molar-refractivity contribution in [3.05, 3.63) is 0 Å². The Morgan fingerprint density at radius 2 is 2.12 bits per heavy atom. The van der Waals surface area contributed by atoms with Crippen molar-refractivity contribution in [2.24, 2.45) is 5.92 Å². The molecule has 17 heavy (non-hydrogen) atoms. The molecule has 0 aliphatic carbocycles. The van der Waals surface area contributed by atoms with Crippen molar-refractivity contribution >= 4 is 23.6 Å². The van der Waals surface area contributed by atoms with E-state index in [9.17, 15) is 9.59 Å². The van der Waals surface area contributed by atoms with Crippen LogP contribution in [0.5, 0.6) is 0 Å². The smallest absolute Gasteiger partial charge is 0.326 e. The molecule has 2 N–H and O–H groups in total. The Labute approximate surface area is 106 Å². The van der Waals surface area contributed by atoms with Crippen molar-refractivity contribution < 1.29 is 19.4 Å². The molecule has 0 rings (SSSR count). The van der Waals surface area contributed by atoms with E-state index in [4.69, 9.17) is 9.84 Å². The Bertz CT molecular complexity index is 248. The van der Waals surface area contributed by atoms with Crippen LogP contribution in [0, 0.1) is 5.92 Å². The predicted molar refractivity (Wildman–Crippen MR) is 68.2 cm³/mol. The molecule has 1 amide bonds. The normalized spacial score (nSPS) is 14.1. The Kier molecular flexibility index (Phi) is 8.89. The highest BCUT2D eigenvalue weighted by atomic mass is 32.2. The van der Waals surface area contributed by atoms with Crippen molar-refractivity contribution in [1.29, 1.82) is 0 Å². The van der Waals surface area contributed by atoms with Gasteiger partial charge in [0.15, 0.2) is 0 Å². The number of rotatable bonds is 9. The van der Waals surface area contributed by atoms with Gasteiger partial charge in [0.2, 0.25) is 5.91 Å². The van der Waals surface area contributed by atoms with Crippen molar-refractivity contribution in [1.82, 2.24) is 5.32 Å². The minimum Gasteiger partial charge on any atom is -0.480 e. The van der Waals surface area contributed by atoms with Crippen LogP contribution in [0.3, 0.4) is 0 Å². The van der Waals surface area contributed by atoms with Crippen LogP contribution in [0.15, 0.2) is 0 Å². The van der Waals surface area contributed by atoms with Crippen LogP contribution < -0.4 is 5.32 Å². The van der Waals surface area contributed by atoms with Gasteiger partial charge < -0.3 is 15.2 Å². The van der Waals surface area contributed by atoms with Crippen molar-refractivity contribution in [2.45, 2.75) is 25.8 Å². The molecule has 0 aromatic rings. The van der Waals surface area contributed by atoms with Gasteiger partial charge in [0.05, 0.1) is 0 Å². The van der Waals surface area contributed by atoms with Gasteiger partial charge in [0.25, 0.3) is 0 Å². The average molecular weight is 263 g/mol. The van der Waals surface area contributed by atoms with Crippen molar-refractivity contribution in [2.75, 3.05) is 25.7 Å². The first-order valence-corrected chi connectivity index (χ1v) is 6.90. The number of nitrogens with one attached hydrogen (secondary N) is 1. The van der Waals surface area contributed by atoms with E-state index in [0.717, 1.165) is 0 Å². The molecule has 6 heteroatoms. The maximum atomic E-state index is 11.6. The molecule has 0 spiro atoms. The maximum absolute atomic E-state index is 11.6. The average Bonchev–Trinajstić information content (AvgIpc) is 2.23. The number of ether oxygens (including phenoxy) is 1. The third kappa shape index (κ3) is 8.04. The van der Waals surface area contributed by atoms with Gasteiger partial charge in [-0.2, -0.15) is 11.8 Å². The summed E-state index contributed by atoms with van der Waals surface area (Å²) in [4.78, 5) is 22.5. The molecule has 0 bridgehead atoms. The summed E-state index contributed by atoms with van der Waals surface area (Å²) in [5, 5.41) is 11.5. The largest absolute Gasteiger partial charge is 0.480 e. The second-order valence-corrected chi connectivity index (χ2v) is 4.99. The Morgan fingerprint density at radius 3 is 2.59 bits per heavy atom. The van der Waals surface area contributed by atoms with Crippen LogP contribution in [-0.4, -0.2) is 48.8 Å². The second-order valence-electron chi connectivity index (χ2n) is 4.00. The molecule has 0 heterocycles. The van der Waals surface area contributed by atoms with Crippen LogP contribution in [0.4, 0.5) is 0 Å². The highest BCUT2D eigenvalue weighted by Crippen LogP contribution is 2.05. The van der Waals surface area contributed by atoms with Gasteiger partial charge in [-0.3, -0.25) is 4.79 Å². The molecule has 0 radical (unpaired) electrons. The number of carboxylic acid groups (broad SMARTS) is 1. The van der Waals surface area contributed by atoms with Gasteiger partial charge in [-0.05, 0) is 24.3 Å². The number of carboxylic acids is 1. The monoisotopic (exact) mass is 263 g/mol. The van der Waals surface area contributed by atoms with E-state index >= 15 is 0 Å². The molecule has 5 nitrogen and oxygen atoms in total. The van der Waals surface area contributed by atoms with Crippen LogP contribution in [0.2, 0.25) is 0 Å². The van der Waals surface area contributed by atoms with Crippen molar-refractivity contribution in [3.63, 3.8) is 0 Å². The molecule has 1 unspecified atom stereocenters. The van der Waals surface area contributed by atoms with E-state index in [1.54, 1.807) is 18.9 Å². The zero-order valence-electron chi connectivity index (χ0n) is 10.6. The lowest BCUT2D eigenvalue weighted by atomic mass is 10.1. The quantitative estimate of drug-likeness (QED) is 0.648. The Morgan fingerprint density at radius 1 is 1.47 bits per heavy atom. The number of hydrogen-bond acceptors (Lipinski definition) is 4. The van der Waals surface area contributed by atoms with E-state index in [1.165, 1.54) is 0 Å². The number of carbonyl (C=O) groups is 2. The SMILES string of the molecule is COCC(C)CC(=O)N[C@H](CCSC)C(=O)O. The van der Waals surface area contributed by atoms with Gasteiger partial charge in [0.1, 0.15) is 6.04 Å². The number of aliphatic carboxylic acids is 1. The third-order valence-corrected chi connectivity index (χ3v) is 2.87. The van der Waals surface area contributed by atoms with Crippen LogP contribution >= 0.6 is 11.8 Å². The first-order chi connectivity index (χ1) is 8.01. The van der Waals surface area contributed by atoms with Gasteiger partial charge in [-0.25, -0.2) is 4.79 Å². The fraction of sp³-hybridized carbons (Fsp3) is 0.818. The van der Waals surface area contributed by atoms with E-state index in [0.29, 0.717) is 18.8 Å². The first-order valence-electron chi connectivity index (χ1n) is 5.51. The highest BCUT2D eigenvalue weighted by molar-refractivity contribution is 7.98. The summed E-state index contributed by atoms with van der Waals surface area (Å²) in [6, 6.07) is -0.787. The Hall–Kier alpha value is -0.750. The second kappa shape index (κ2) is 9.30. The highest BCUT2D eigenvalue weighted by Gasteiger charge is 2.20. The number of thioether (sulfide) groups is 1. The molecule has 0 fully saturated rings. The molecular formula is C11H21NO4S. The molecular weight excluding hydrogens is 242 g/mol. The molecule has 0 aromatic heterocycles. The summed E-state index contributed by atoms with van der Waals surface area (Å²) < 4.78 is 4.92. The zero-order valence-corrected chi connectivity index (χ0v) is 11.4. The van der Waals surface area contributed by atoms with Crippen LogP contribution in [0.25, 0.3) is 0 Å². The molecule has 100 valence electrons. The predicted octanol–water partition coefficient (Wildman–Crippen LogP) is 0.981. The van der Waals surface area contributed by atoms with E-state index in [-0.39, 0.29) is 18.2 Å². The molecule has 0 aliphatic rings. The Balaban J connectivity index is 4.07. The summed E-state index contributed by atoms with van der Waals surface area (Å²) >= 11 is 1.56. The molecule has 0 saturated carbocycles. The molecule has 0 aromatic carbocycles. The molecule has 0 aliphatic heterocycles. The number of carbonyl (C=O) groups excluding carboxylic acids is 1. The minimum absolute atomic E-state index is 0.0926. The zero-order chi connectivity index (χ0) is 13.3. The summed E-state index contributed by atoms with van der Waals surface area (Å²) in [5.41, 5.74) is 0. The van der Waals surface area contributed by atoms with Gasteiger partial charge >= 0.3 is 5.97 Å². The lowest BCUT2D eigenvalue weighted by Gasteiger charge is -2.15. The summed E-state index contributed by atoms with van der Waals surface area (Å²) in [6.07, 6.45) is 2.64. The van der Waals surface area contributed by atoms with E-state index in [2.05, 4.69) is 5.32 Å². The van der Waals surface area contributed by atoms with E-state index < -0.39 is 12.0 Å². The standard InChI is InChI=1S/C11H21NO4S/c1-8(7-16-2)6-10(13)12-9(11(14)15)4-5-17-3/h8-9H,4-7H2,1-3H3,(H,12,13)(H,14,15)/t8?,9-/m1/s1. The van der Waals surface area contributed by atoms with Gasteiger partial charge in [0, 0.05) is 20.1 Å². The topological polar surface area (TPSA) is 75.6 Å². The lowest BCUT2D eigenvalue weighted by molar-refractivity contribution is -0.142. The lowest BCUT2D eigenvalue weighted by Crippen LogP contribution is -2.41. The fourth-order valence-electron chi connectivity index (χ4n) is 1.41. The third-order valence-electron chi connectivity index (χ3n) is 2.23. The van der Waals surface area contributed by atoms with Crippen molar-refractivity contribution in [3.8, 4) is 0 Å². The number of methoxy groups -OCH3 is 1. The minimum atomic E-state index is -0.980. The number of hydrogen-bond donors (Lipinski definition) is 2. The molecule has 2 atom stereocenters. The number of amides is 1. The van der Waals surface area contributed by atoms with E-state index in [1.807, 2.05) is 13.2 Å². The van der Waals surface area contributed by atoms with Gasteiger partial charge in [-0.15, -0.1) is 0 Å². The van der Waals surface area contributed by atoms with Crippen LogP contribution in [0.1, 0.15) is 19.8 Å². The van der Waals surface area contributed by atoms with Crippen LogP contribution in [-0.2, 0) is 14.3 Å². The summed E-state index contributed by atoms with van der Waals surface area (Å²) in [5.74, 6) is -0.407. The van der Waals surface area contributed by atoms with Gasteiger partial charge in [-0.1, -0.05) is 6.92 Å². The molecule has 0 saturated heterocycles. The first kappa shape index (κ1) is 16.2. The summed E-state index contributed by atoms with van der Waals surface area (Å²) in [7, 11) is 1.58.